The number of benzene rings is 2. The van der Waals surface area contributed by atoms with Crippen LogP contribution in [-0.4, -0.2) is 17.4 Å². The van der Waals surface area contributed by atoms with Gasteiger partial charge in [0.15, 0.2) is 0 Å². The molecule has 6 heteroatoms. The summed E-state index contributed by atoms with van der Waals surface area (Å²) in [6.45, 7) is 7.73. The minimum Gasteiger partial charge on any atom is -0.399 e. The lowest BCUT2D eigenvalue weighted by molar-refractivity contribution is 0.0911. The number of hydrogen-bond acceptors (Lipinski definition) is 3. The number of anilines is 2. The topological polar surface area (TPSA) is 84.2 Å². The number of carbonyl (C=O) groups excluding carboxylic acids is 2. The summed E-state index contributed by atoms with van der Waals surface area (Å²) in [5.74, 6) is -0.526. The third-order valence-electron chi connectivity index (χ3n) is 4.31. The normalized spacial score (nSPS) is 11.1. The molecule has 4 N–H and O–H groups in total. The largest absolute Gasteiger partial charge is 0.399 e. The highest BCUT2D eigenvalue weighted by Crippen LogP contribution is 2.23. The van der Waals surface area contributed by atoms with Crippen LogP contribution in [0, 0.1) is 6.92 Å². The van der Waals surface area contributed by atoms with Gasteiger partial charge in [-0.25, -0.2) is 0 Å². The molecule has 0 fully saturated rings. The van der Waals surface area contributed by atoms with Gasteiger partial charge >= 0.3 is 0 Å². The second-order valence-electron chi connectivity index (χ2n) is 6.91. The molecular formula is C20H24ClN3O2. The summed E-state index contributed by atoms with van der Waals surface area (Å²) in [5.41, 5.74) is 8.14. The van der Waals surface area contributed by atoms with Crippen molar-refractivity contribution in [3.63, 3.8) is 0 Å². The van der Waals surface area contributed by atoms with Crippen molar-refractivity contribution in [2.45, 2.75) is 39.7 Å². The van der Waals surface area contributed by atoms with E-state index in [2.05, 4.69) is 10.6 Å². The Labute approximate surface area is 158 Å². The SMILES string of the molecule is CCC(C)(C)NC(=O)c1ccc(NC(=O)c2cc(N)ccc2C)cc1Cl. The zero-order valence-corrected chi connectivity index (χ0v) is 16.2. The lowest BCUT2D eigenvalue weighted by Gasteiger charge is -2.24. The molecule has 0 bridgehead atoms. The summed E-state index contributed by atoms with van der Waals surface area (Å²) in [6.07, 6.45) is 0.796. The molecule has 2 aromatic rings. The van der Waals surface area contributed by atoms with Crippen molar-refractivity contribution < 1.29 is 9.59 Å². The molecule has 0 heterocycles. The maximum Gasteiger partial charge on any atom is 0.256 e. The number of nitrogens with one attached hydrogen (secondary N) is 2. The van der Waals surface area contributed by atoms with E-state index < -0.39 is 0 Å². The third kappa shape index (κ3) is 4.76. The molecule has 0 spiro atoms. The summed E-state index contributed by atoms with van der Waals surface area (Å²) in [6, 6.07) is 9.98. The smallest absolute Gasteiger partial charge is 0.256 e. The summed E-state index contributed by atoms with van der Waals surface area (Å²) in [7, 11) is 0. The Bertz CT molecular complexity index is 847. The van der Waals surface area contributed by atoms with Crippen molar-refractivity contribution >= 4 is 34.8 Å². The van der Waals surface area contributed by atoms with Crippen molar-refractivity contribution in [1.82, 2.24) is 5.32 Å². The Balaban J connectivity index is 2.18. The van der Waals surface area contributed by atoms with Crippen LogP contribution in [0.2, 0.25) is 5.02 Å². The van der Waals surface area contributed by atoms with E-state index in [1.807, 2.05) is 27.7 Å². The highest BCUT2D eigenvalue weighted by Gasteiger charge is 2.20. The predicted octanol–water partition coefficient (Wildman–Crippen LogP) is 4.40. The van der Waals surface area contributed by atoms with Crippen molar-refractivity contribution in [2.24, 2.45) is 0 Å². The monoisotopic (exact) mass is 373 g/mol. The first-order valence-electron chi connectivity index (χ1n) is 8.42. The van der Waals surface area contributed by atoms with Gasteiger partial charge in [-0.05, 0) is 63.1 Å². The maximum absolute atomic E-state index is 12.5. The first kappa shape index (κ1) is 19.8. The zero-order chi connectivity index (χ0) is 19.5. The van der Waals surface area contributed by atoms with Crippen LogP contribution < -0.4 is 16.4 Å². The lowest BCUT2D eigenvalue weighted by atomic mass is 10.0. The molecule has 0 atom stereocenters. The molecule has 0 aliphatic carbocycles. The van der Waals surface area contributed by atoms with E-state index in [-0.39, 0.29) is 22.4 Å². The van der Waals surface area contributed by atoms with E-state index in [4.69, 9.17) is 17.3 Å². The number of amides is 2. The zero-order valence-electron chi connectivity index (χ0n) is 15.4. The number of rotatable bonds is 5. The standard InChI is InChI=1S/C20H24ClN3O2/c1-5-20(3,4)24-19(26)15-9-8-14(11-17(15)21)23-18(25)16-10-13(22)7-6-12(16)2/h6-11H,5,22H2,1-4H3,(H,23,25)(H,24,26). The molecule has 26 heavy (non-hydrogen) atoms. The first-order chi connectivity index (χ1) is 12.1. The highest BCUT2D eigenvalue weighted by molar-refractivity contribution is 6.34. The van der Waals surface area contributed by atoms with Gasteiger partial charge in [0.1, 0.15) is 0 Å². The molecule has 138 valence electrons. The minimum absolute atomic E-state index is 0.244. The van der Waals surface area contributed by atoms with Crippen LogP contribution in [0.25, 0.3) is 0 Å². The van der Waals surface area contributed by atoms with E-state index in [9.17, 15) is 9.59 Å². The van der Waals surface area contributed by atoms with Crippen LogP contribution >= 0.6 is 11.6 Å². The fourth-order valence-corrected chi connectivity index (χ4v) is 2.59. The number of aryl methyl sites for hydroxylation is 1. The summed E-state index contributed by atoms with van der Waals surface area (Å²) in [4.78, 5) is 24.8. The Morgan fingerprint density at radius 2 is 1.77 bits per heavy atom. The van der Waals surface area contributed by atoms with E-state index in [1.54, 1.807) is 36.4 Å². The molecule has 5 nitrogen and oxygen atoms in total. The lowest BCUT2D eigenvalue weighted by Crippen LogP contribution is -2.42. The summed E-state index contributed by atoms with van der Waals surface area (Å²) in [5, 5.41) is 5.99. The number of nitrogen functional groups attached to an aromatic ring is 1. The van der Waals surface area contributed by atoms with Gasteiger partial charge in [0, 0.05) is 22.5 Å². The molecule has 0 saturated heterocycles. The van der Waals surface area contributed by atoms with Crippen LogP contribution in [0.3, 0.4) is 0 Å². The number of halogens is 1. The fraction of sp³-hybridized carbons (Fsp3) is 0.300. The molecular weight excluding hydrogens is 350 g/mol. The van der Waals surface area contributed by atoms with Crippen molar-refractivity contribution in [3.8, 4) is 0 Å². The second-order valence-corrected chi connectivity index (χ2v) is 7.32. The Kier molecular flexibility index (Phi) is 5.93. The van der Waals surface area contributed by atoms with E-state index in [0.29, 0.717) is 22.5 Å². The van der Waals surface area contributed by atoms with E-state index in [1.165, 1.54) is 0 Å². The summed E-state index contributed by atoms with van der Waals surface area (Å²) >= 11 is 6.25. The molecule has 0 aliphatic heterocycles. The average molecular weight is 374 g/mol. The molecule has 2 rings (SSSR count). The van der Waals surface area contributed by atoms with Crippen LogP contribution in [0.5, 0.6) is 0 Å². The molecule has 0 radical (unpaired) electrons. The van der Waals surface area contributed by atoms with E-state index in [0.717, 1.165) is 12.0 Å². The summed E-state index contributed by atoms with van der Waals surface area (Å²) < 4.78 is 0. The number of hydrogen-bond donors (Lipinski definition) is 3. The van der Waals surface area contributed by atoms with Gasteiger partial charge in [0.25, 0.3) is 11.8 Å². The van der Waals surface area contributed by atoms with Crippen LogP contribution in [-0.2, 0) is 0 Å². The molecule has 0 unspecified atom stereocenters. The maximum atomic E-state index is 12.5. The molecule has 0 saturated carbocycles. The van der Waals surface area contributed by atoms with Gasteiger partial charge < -0.3 is 16.4 Å². The molecule has 2 amide bonds. The van der Waals surface area contributed by atoms with Gasteiger partial charge in [-0.3, -0.25) is 9.59 Å². The van der Waals surface area contributed by atoms with Crippen LogP contribution in [0.4, 0.5) is 11.4 Å². The number of carbonyl (C=O) groups is 2. The Morgan fingerprint density at radius 1 is 1.08 bits per heavy atom. The second kappa shape index (κ2) is 7.79. The van der Waals surface area contributed by atoms with Crippen LogP contribution in [0.1, 0.15) is 53.5 Å². The Morgan fingerprint density at radius 3 is 2.38 bits per heavy atom. The van der Waals surface area contributed by atoms with Gasteiger partial charge in [0.05, 0.1) is 10.6 Å². The highest BCUT2D eigenvalue weighted by atomic mass is 35.5. The fourth-order valence-electron chi connectivity index (χ4n) is 2.32. The van der Waals surface area contributed by atoms with Crippen LogP contribution in [0.15, 0.2) is 36.4 Å². The molecule has 0 aromatic heterocycles. The van der Waals surface area contributed by atoms with Crippen molar-refractivity contribution in [3.05, 3.63) is 58.1 Å². The number of nitrogens with two attached hydrogens (primary N) is 1. The van der Waals surface area contributed by atoms with Crippen molar-refractivity contribution in [1.29, 1.82) is 0 Å². The third-order valence-corrected chi connectivity index (χ3v) is 4.63. The minimum atomic E-state index is -0.321. The molecule has 0 aliphatic rings. The van der Waals surface area contributed by atoms with Crippen molar-refractivity contribution in [2.75, 3.05) is 11.1 Å². The first-order valence-corrected chi connectivity index (χ1v) is 8.80. The van der Waals surface area contributed by atoms with Gasteiger partial charge in [-0.2, -0.15) is 0 Å². The Hall–Kier alpha value is -2.53. The predicted molar refractivity (Wildman–Crippen MR) is 107 cm³/mol. The van der Waals surface area contributed by atoms with Gasteiger partial charge in [0.2, 0.25) is 0 Å². The molecule has 2 aromatic carbocycles. The van der Waals surface area contributed by atoms with E-state index >= 15 is 0 Å². The van der Waals surface area contributed by atoms with Gasteiger partial charge in [-0.15, -0.1) is 0 Å². The quantitative estimate of drug-likeness (QED) is 0.679. The average Bonchev–Trinajstić information content (AvgIpc) is 2.56. The van der Waals surface area contributed by atoms with Gasteiger partial charge in [-0.1, -0.05) is 24.6 Å².